The summed E-state index contributed by atoms with van der Waals surface area (Å²) >= 11 is 5.25. The molecule has 0 aliphatic carbocycles. The van der Waals surface area contributed by atoms with E-state index < -0.39 is 0 Å². The average Bonchev–Trinajstić information content (AvgIpc) is 2.84. The fraction of sp³-hybridized carbons (Fsp3) is 0.0667. The van der Waals surface area contributed by atoms with Gasteiger partial charge in [0.1, 0.15) is 5.82 Å². The molecule has 1 aromatic heterocycles. The summed E-state index contributed by atoms with van der Waals surface area (Å²) in [6, 6.07) is 14.5. The van der Waals surface area contributed by atoms with Crippen LogP contribution in [0.3, 0.4) is 0 Å². The van der Waals surface area contributed by atoms with Crippen molar-refractivity contribution in [2.45, 2.75) is 6.92 Å². The molecule has 0 fully saturated rings. The normalized spacial score (nSPS) is 10.7. The maximum Gasteiger partial charge on any atom is 0.200 e. The number of nitrogens with one attached hydrogen (secondary N) is 1. The molecule has 0 radical (unpaired) electrons. The van der Waals surface area contributed by atoms with Crippen LogP contribution in [-0.4, -0.2) is 14.8 Å². The molecule has 0 saturated carbocycles. The van der Waals surface area contributed by atoms with Crippen LogP contribution in [0.25, 0.3) is 17.1 Å². The maximum atomic E-state index is 14.1. The molecule has 0 aliphatic heterocycles. The smallest absolute Gasteiger partial charge is 0.200 e. The van der Waals surface area contributed by atoms with Gasteiger partial charge in [-0.3, -0.25) is 9.67 Å². The highest BCUT2D eigenvalue weighted by Crippen LogP contribution is 2.25. The first-order chi connectivity index (χ1) is 9.66. The molecule has 3 nitrogen and oxygen atoms in total. The van der Waals surface area contributed by atoms with E-state index in [1.807, 2.05) is 37.3 Å². The van der Waals surface area contributed by atoms with Crippen molar-refractivity contribution in [1.82, 2.24) is 14.8 Å². The van der Waals surface area contributed by atoms with Crippen molar-refractivity contribution in [2.75, 3.05) is 0 Å². The van der Waals surface area contributed by atoms with Gasteiger partial charge in [0.05, 0.1) is 5.56 Å². The van der Waals surface area contributed by atoms with Crippen molar-refractivity contribution in [3.05, 3.63) is 64.7 Å². The fourth-order valence-electron chi connectivity index (χ4n) is 2.10. The second kappa shape index (κ2) is 5.02. The van der Waals surface area contributed by atoms with Crippen LogP contribution in [0, 0.1) is 17.5 Å². The summed E-state index contributed by atoms with van der Waals surface area (Å²) in [5, 5.41) is 6.90. The number of aryl methyl sites for hydroxylation is 1. The molecule has 0 aliphatic rings. The minimum Gasteiger partial charge on any atom is -0.268 e. The lowest BCUT2D eigenvalue weighted by atomic mass is 10.1. The summed E-state index contributed by atoms with van der Waals surface area (Å²) in [7, 11) is 0. The Balaban J connectivity index is 2.27. The number of hydrogen-bond acceptors (Lipinski definition) is 2. The van der Waals surface area contributed by atoms with E-state index in [0.29, 0.717) is 16.2 Å². The zero-order chi connectivity index (χ0) is 14.1. The Kier molecular flexibility index (Phi) is 3.20. The second-order valence-corrected chi connectivity index (χ2v) is 4.89. The van der Waals surface area contributed by atoms with Crippen molar-refractivity contribution < 1.29 is 4.39 Å². The summed E-state index contributed by atoms with van der Waals surface area (Å²) in [5.74, 6) is 0.157. The first-order valence-electron chi connectivity index (χ1n) is 6.16. The van der Waals surface area contributed by atoms with Gasteiger partial charge in [-0.1, -0.05) is 29.8 Å². The third kappa shape index (κ3) is 2.16. The quantitative estimate of drug-likeness (QED) is 0.721. The van der Waals surface area contributed by atoms with E-state index in [-0.39, 0.29) is 5.82 Å². The topological polar surface area (TPSA) is 33.6 Å². The zero-order valence-corrected chi connectivity index (χ0v) is 11.6. The first-order valence-corrected chi connectivity index (χ1v) is 6.57. The second-order valence-electron chi connectivity index (χ2n) is 4.51. The summed E-state index contributed by atoms with van der Waals surface area (Å²) in [5.41, 5.74) is 2.25. The van der Waals surface area contributed by atoms with Gasteiger partial charge in [-0.2, -0.15) is 5.10 Å². The van der Waals surface area contributed by atoms with Gasteiger partial charge in [0.2, 0.25) is 0 Å². The minimum atomic E-state index is -0.318. The third-order valence-corrected chi connectivity index (χ3v) is 3.32. The van der Waals surface area contributed by atoms with Gasteiger partial charge in [0.25, 0.3) is 0 Å². The Morgan fingerprint density at radius 1 is 1.15 bits per heavy atom. The SMILES string of the molecule is Cc1ccc(F)c(-c2n[nH]c(=S)n2-c2ccccc2)c1. The Bertz CT molecular complexity index is 805. The molecule has 0 spiro atoms. The van der Waals surface area contributed by atoms with Crippen molar-refractivity contribution in [2.24, 2.45) is 0 Å². The number of para-hydroxylation sites is 1. The lowest BCUT2D eigenvalue weighted by Gasteiger charge is -2.08. The van der Waals surface area contributed by atoms with E-state index in [1.165, 1.54) is 6.07 Å². The minimum absolute atomic E-state index is 0.318. The molecule has 100 valence electrons. The number of benzene rings is 2. The Hall–Kier alpha value is -2.27. The van der Waals surface area contributed by atoms with Crippen molar-refractivity contribution in [3.63, 3.8) is 0 Å². The molecule has 5 heteroatoms. The zero-order valence-electron chi connectivity index (χ0n) is 10.8. The third-order valence-electron chi connectivity index (χ3n) is 3.05. The molecule has 0 bridgehead atoms. The van der Waals surface area contributed by atoms with E-state index in [0.717, 1.165) is 11.3 Å². The molecule has 0 unspecified atom stereocenters. The number of rotatable bonds is 2. The van der Waals surface area contributed by atoms with Crippen molar-refractivity contribution >= 4 is 12.2 Å². The Labute approximate surface area is 120 Å². The van der Waals surface area contributed by atoms with E-state index in [9.17, 15) is 4.39 Å². The molecule has 3 aromatic rings. The van der Waals surface area contributed by atoms with Crippen LogP contribution in [0.5, 0.6) is 0 Å². The van der Waals surface area contributed by atoms with Gasteiger partial charge in [0.15, 0.2) is 10.6 Å². The number of aromatic amines is 1. The van der Waals surface area contributed by atoms with E-state index in [2.05, 4.69) is 10.2 Å². The summed E-state index contributed by atoms with van der Waals surface area (Å²) in [6.07, 6.45) is 0. The van der Waals surface area contributed by atoms with Crippen LogP contribution in [0.2, 0.25) is 0 Å². The Morgan fingerprint density at radius 3 is 2.65 bits per heavy atom. The summed E-state index contributed by atoms with van der Waals surface area (Å²) < 4.78 is 16.2. The largest absolute Gasteiger partial charge is 0.268 e. The first kappa shape index (κ1) is 12.7. The molecule has 0 amide bonds. The molecule has 20 heavy (non-hydrogen) atoms. The van der Waals surface area contributed by atoms with Gasteiger partial charge >= 0.3 is 0 Å². The predicted octanol–water partition coefficient (Wildman–Crippen LogP) is 4.04. The Morgan fingerprint density at radius 2 is 1.90 bits per heavy atom. The highest BCUT2D eigenvalue weighted by Gasteiger charge is 2.14. The van der Waals surface area contributed by atoms with E-state index >= 15 is 0 Å². The van der Waals surface area contributed by atoms with Crippen LogP contribution in [0.15, 0.2) is 48.5 Å². The molecule has 1 N–H and O–H groups in total. The number of aromatic nitrogens is 3. The van der Waals surface area contributed by atoms with Gasteiger partial charge < -0.3 is 0 Å². The van der Waals surface area contributed by atoms with Crippen LogP contribution in [-0.2, 0) is 0 Å². The number of H-pyrrole nitrogens is 1. The summed E-state index contributed by atoms with van der Waals surface area (Å²) in [6.45, 7) is 1.91. The van der Waals surface area contributed by atoms with Gasteiger partial charge in [0, 0.05) is 5.69 Å². The van der Waals surface area contributed by atoms with Crippen LogP contribution >= 0.6 is 12.2 Å². The molecule has 0 saturated heterocycles. The van der Waals surface area contributed by atoms with Crippen molar-refractivity contribution in [1.29, 1.82) is 0 Å². The fourth-order valence-corrected chi connectivity index (χ4v) is 2.34. The molecular formula is C15H12FN3S. The number of nitrogens with zero attached hydrogens (tertiary/aromatic N) is 2. The lowest BCUT2D eigenvalue weighted by molar-refractivity contribution is 0.629. The highest BCUT2D eigenvalue weighted by molar-refractivity contribution is 7.71. The van der Waals surface area contributed by atoms with Crippen LogP contribution in [0.4, 0.5) is 4.39 Å². The molecule has 3 rings (SSSR count). The van der Waals surface area contributed by atoms with Crippen molar-refractivity contribution in [3.8, 4) is 17.1 Å². The standard InChI is InChI=1S/C15H12FN3S/c1-10-7-8-13(16)12(9-10)14-17-18-15(20)19(14)11-5-3-2-4-6-11/h2-9H,1H3,(H,18,20). The number of hydrogen-bond donors (Lipinski definition) is 1. The van der Waals surface area contributed by atoms with Gasteiger partial charge in [-0.25, -0.2) is 4.39 Å². The molecule has 0 atom stereocenters. The van der Waals surface area contributed by atoms with Gasteiger partial charge in [-0.15, -0.1) is 0 Å². The molecule has 2 aromatic carbocycles. The van der Waals surface area contributed by atoms with E-state index in [1.54, 1.807) is 16.7 Å². The molecular weight excluding hydrogens is 273 g/mol. The monoisotopic (exact) mass is 285 g/mol. The average molecular weight is 285 g/mol. The highest BCUT2D eigenvalue weighted by atomic mass is 32.1. The van der Waals surface area contributed by atoms with E-state index in [4.69, 9.17) is 12.2 Å². The van der Waals surface area contributed by atoms with Crippen LogP contribution < -0.4 is 0 Å². The molecule has 1 heterocycles. The summed E-state index contributed by atoms with van der Waals surface area (Å²) in [4.78, 5) is 0. The maximum absolute atomic E-state index is 14.1. The van der Waals surface area contributed by atoms with Crippen LogP contribution in [0.1, 0.15) is 5.56 Å². The predicted molar refractivity (Wildman–Crippen MR) is 78.9 cm³/mol. The lowest BCUT2D eigenvalue weighted by Crippen LogP contribution is -1.99. The number of halogens is 1. The van der Waals surface area contributed by atoms with Gasteiger partial charge in [-0.05, 0) is 43.4 Å².